The maximum atomic E-state index is 13.7. The van der Waals surface area contributed by atoms with Gasteiger partial charge in [0.15, 0.2) is 0 Å². The predicted octanol–water partition coefficient (Wildman–Crippen LogP) is 3.02. The van der Waals surface area contributed by atoms with Crippen LogP contribution in [-0.4, -0.2) is 84.4 Å². The van der Waals surface area contributed by atoms with Crippen molar-refractivity contribution in [3.05, 3.63) is 29.8 Å². The number of hydrogen-bond donors (Lipinski definition) is 4. The molecule has 0 radical (unpaired) electrons. The standard InChI is InChI=1S/C30H42F3N5O7/c1-15(2)21(24(39)30(31,32)33)35-25(40)20-9-8-14-38(20)27(42)23(17(5)6)36-26(41)22(16(3)4)37-29(44)34-19-12-10-18(11-13-19)28(43)45-7/h10-13,15-17,20-23H,8-9,14H2,1-7H3,(H,35,40)(H,36,41)(H2,34,37,44)/t20-,21?,22-,23-/m0/s1. The second-order valence-electron chi connectivity index (χ2n) is 11.9. The van der Waals surface area contributed by atoms with Gasteiger partial charge in [0.25, 0.3) is 5.78 Å². The molecule has 0 aromatic heterocycles. The van der Waals surface area contributed by atoms with Crippen molar-refractivity contribution in [3.63, 3.8) is 0 Å². The van der Waals surface area contributed by atoms with Crippen LogP contribution in [0.2, 0.25) is 0 Å². The molecule has 12 nitrogen and oxygen atoms in total. The van der Waals surface area contributed by atoms with Gasteiger partial charge in [0, 0.05) is 12.2 Å². The van der Waals surface area contributed by atoms with Crippen molar-refractivity contribution >= 4 is 41.2 Å². The Bertz CT molecular complexity index is 1250. The van der Waals surface area contributed by atoms with Gasteiger partial charge in [-0.25, -0.2) is 9.59 Å². The van der Waals surface area contributed by atoms with Crippen molar-refractivity contribution in [2.75, 3.05) is 19.0 Å². The summed E-state index contributed by atoms with van der Waals surface area (Å²) in [5, 5.41) is 10.00. The molecule has 15 heteroatoms. The molecule has 1 heterocycles. The number of ketones is 1. The lowest BCUT2D eigenvalue weighted by Crippen LogP contribution is -2.60. The first kappa shape index (κ1) is 37.0. The van der Waals surface area contributed by atoms with Crippen LogP contribution < -0.4 is 21.3 Å². The number of alkyl halides is 3. The Labute approximate surface area is 260 Å². The zero-order chi connectivity index (χ0) is 34.2. The van der Waals surface area contributed by atoms with Gasteiger partial charge in [-0.15, -0.1) is 0 Å². The van der Waals surface area contributed by atoms with E-state index in [-0.39, 0.29) is 18.5 Å². The van der Waals surface area contributed by atoms with E-state index in [1.54, 1.807) is 27.7 Å². The number of benzene rings is 1. The Morgan fingerprint density at radius 2 is 1.38 bits per heavy atom. The number of carbonyl (C=O) groups excluding carboxylic acids is 6. The number of urea groups is 1. The Kier molecular flexibility index (Phi) is 12.9. The number of amides is 5. The molecule has 1 unspecified atom stereocenters. The van der Waals surface area contributed by atoms with E-state index in [1.165, 1.54) is 50.1 Å². The smallest absolute Gasteiger partial charge is 0.452 e. The molecule has 1 aliphatic rings. The highest BCUT2D eigenvalue weighted by molar-refractivity contribution is 5.98. The highest BCUT2D eigenvalue weighted by Crippen LogP contribution is 2.24. The summed E-state index contributed by atoms with van der Waals surface area (Å²) in [7, 11) is 1.24. The molecule has 250 valence electrons. The fourth-order valence-electron chi connectivity index (χ4n) is 4.85. The molecule has 1 saturated heterocycles. The van der Waals surface area contributed by atoms with Crippen molar-refractivity contribution in [2.24, 2.45) is 17.8 Å². The molecule has 0 spiro atoms. The molecule has 4 N–H and O–H groups in total. The van der Waals surface area contributed by atoms with E-state index in [4.69, 9.17) is 0 Å². The second-order valence-corrected chi connectivity index (χ2v) is 11.9. The van der Waals surface area contributed by atoms with Crippen molar-refractivity contribution in [2.45, 2.75) is 84.7 Å². The van der Waals surface area contributed by atoms with Crippen LogP contribution >= 0.6 is 0 Å². The quantitative estimate of drug-likeness (QED) is 0.255. The SMILES string of the molecule is COC(=O)c1ccc(NC(=O)N[C@H](C(=O)N[C@H](C(=O)N2CCC[C@H]2C(=O)NC(C(=O)C(F)(F)F)C(C)C)C(C)C)C(C)C)cc1. The largest absolute Gasteiger partial charge is 0.465 e. The molecule has 0 aliphatic carbocycles. The Morgan fingerprint density at radius 1 is 0.822 bits per heavy atom. The summed E-state index contributed by atoms with van der Waals surface area (Å²) in [6.45, 7) is 9.60. The number of nitrogens with zero attached hydrogens (tertiary/aromatic N) is 1. The zero-order valence-electron chi connectivity index (χ0n) is 26.4. The van der Waals surface area contributed by atoms with Crippen molar-refractivity contribution in [1.82, 2.24) is 20.9 Å². The monoisotopic (exact) mass is 641 g/mol. The van der Waals surface area contributed by atoms with E-state index in [0.29, 0.717) is 12.1 Å². The number of likely N-dealkylation sites (tertiary alicyclic amines) is 1. The average molecular weight is 642 g/mol. The topological polar surface area (TPSA) is 163 Å². The zero-order valence-corrected chi connectivity index (χ0v) is 26.4. The lowest BCUT2D eigenvalue weighted by atomic mass is 9.98. The average Bonchev–Trinajstić information content (AvgIpc) is 3.46. The van der Waals surface area contributed by atoms with Crippen LogP contribution in [0.4, 0.5) is 23.7 Å². The van der Waals surface area contributed by atoms with Crippen LogP contribution in [0.3, 0.4) is 0 Å². The molecule has 1 aromatic carbocycles. The molecule has 0 bridgehead atoms. The molecule has 1 aromatic rings. The van der Waals surface area contributed by atoms with Crippen molar-refractivity contribution < 1.29 is 46.7 Å². The molecule has 45 heavy (non-hydrogen) atoms. The number of hydrogen-bond acceptors (Lipinski definition) is 7. The molecule has 1 aliphatic heterocycles. The number of methoxy groups -OCH3 is 1. The fourth-order valence-corrected chi connectivity index (χ4v) is 4.85. The highest BCUT2D eigenvalue weighted by atomic mass is 19.4. The van der Waals surface area contributed by atoms with Crippen LogP contribution in [0.25, 0.3) is 0 Å². The van der Waals surface area contributed by atoms with Crippen molar-refractivity contribution in [3.8, 4) is 0 Å². The van der Waals surface area contributed by atoms with E-state index in [9.17, 15) is 41.9 Å². The minimum absolute atomic E-state index is 0.124. The van der Waals surface area contributed by atoms with Gasteiger partial charge in [-0.2, -0.15) is 13.2 Å². The Balaban J connectivity index is 2.14. The number of Topliss-reactive ketones (excluding diaryl/α,β-unsaturated/α-hetero) is 1. The van der Waals surface area contributed by atoms with Gasteiger partial charge in [0.1, 0.15) is 18.1 Å². The molecule has 5 amide bonds. The molecular weight excluding hydrogens is 599 g/mol. The third-order valence-corrected chi connectivity index (χ3v) is 7.39. The maximum Gasteiger partial charge on any atom is 0.452 e. The first-order valence-electron chi connectivity index (χ1n) is 14.7. The van der Waals surface area contributed by atoms with Crippen LogP contribution in [0, 0.1) is 17.8 Å². The van der Waals surface area contributed by atoms with Crippen LogP contribution in [0.1, 0.15) is 64.7 Å². The third kappa shape index (κ3) is 9.91. The molecule has 0 saturated carbocycles. The summed E-state index contributed by atoms with van der Waals surface area (Å²) < 4.78 is 44.0. The first-order chi connectivity index (χ1) is 20.9. The summed E-state index contributed by atoms with van der Waals surface area (Å²) in [4.78, 5) is 77.6. The Morgan fingerprint density at radius 3 is 1.87 bits per heavy atom. The van der Waals surface area contributed by atoms with E-state index >= 15 is 0 Å². The number of nitrogens with one attached hydrogen (secondary N) is 4. The van der Waals surface area contributed by atoms with E-state index in [2.05, 4.69) is 26.0 Å². The summed E-state index contributed by atoms with van der Waals surface area (Å²) >= 11 is 0. The molecule has 1 fully saturated rings. The summed E-state index contributed by atoms with van der Waals surface area (Å²) in [6.07, 6.45) is -4.59. The second kappa shape index (κ2) is 15.7. The minimum Gasteiger partial charge on any atom is -0.465 e. The van der Waals surface area contributed by atoms with Gasteiger partial charge < -0.3 is 30.9 Å². The predicted molar refractivity (Wildman–Crippen MR) is 158 cm³/mol. The van der Waals surface area contributed by atoms with Gasteiger partial charge in [0.2, 0.25) is 17.7 Å². The normalized spacial score (nSPS) is 17.0. The van der Waals surface area contributed by atoms with Gasteiger partial charge in [-0.1, -0.05) is 41.5 Å². The van der Waals surface area contributed by atoms with Gasteiger partial charge in [-0.3, -0.25) is 19.2 Å². The van der Waals surface area contributed by atoms with E-state index in [1.807, 2.05) is 0 Å². The Hall–Kier alpha value is -4.17. The number of esters is 1. The maximum absolute atomic E-state index is 13.7. The molecule has 4 atom stereocenters. The van der Waals surface area contributed by atoms with Crippen LogP contribution in [0.5, 0.6) is 0 Å². The van der Waals surface area contributed by atoms with Gasteiger partial charge in [0.05, 0.1) is 18.7 Å². The van der Waals surface area contributed by atoms with Gasteiger partial charge >= 0.3 is 18.2 Å². The van der Waals surface area contributed by atoms with Crippen LogP contribution in [-0.2, 0) is 23.9 Å². The van der Waals surface area contributed by atoms with Gasteiger partial charge in [-0.05, 0) is 54.9 Å². The lowest BCUT2D eigenvalue weighted by Gasteiger charge is -2.33. The number of carbonyl (C=O) groups is 6. The summed E-state index contributed by atoms with van der Waals surface area (Å²) in [5.41, 5.74) is 0.618. The first-order valence-corrected chi connectivity index (χ1v) is 14.7. The number of halogens is 3. The molecular formula is C30H42F3N5O7. The van der Waals surface area contributed by atoms with Crippen LogP contribution in [0.15, 0.2) is 24.3 Å². The minimum atomic E-state index is -5.15. The number of ether oxygens (including phenoxy) is 1. The van der Waals surface area contributed by atoms with E-state index < -0.39 is 83.6 Å². The number of rotatable bonds is 12. The molecule has 2 rings (SSSR count). The highest BCUT2D eigenvalue weighted by Gasteiger charge is 2.47. The fraction of sp³-hybridized carbons (Fsp3) is 0.600. The third-order valence-electron chi connectivity index (χ3n) is 7.39. The van der Waals surface area contributed by atoms with E-state index in [0.717, 1.165) is 0 Å². The lowest BCUT2D eigenvalue weighted by molar-refractivity contribution is -0.175. The summed E-state index contributed by atoms with van der Waals surface area (Å²) in [6, 6.07) is 0.00671. The summed E-state index contributed by atoms with van der Waals surface area (Å²) in [5.74, 6) is -6.52. The number of anilines is 1. The van der Waals surface area contributed by atoms with Crippen molar-refractivity contribution in [1.29, 1.82) is 0 Å².